The molecule has 2 saturated heterocycles. The van der Waals surface area contributed by atoms with Crippen LogP contribution < -0.4 is 14.8 Å². The van der Waals surface area contributed by atoms with Crippen LogP contribution in [0.2, 0.25) is 0 Å². The molecule has 1 aromatic rings. The highest BCUT2D eigenvalue weighted by atomic mass is 16.5. The molecule has 3 unspecified atom stereocenters. The van der Waals surface area contributed by atoms with E-state index < -0.39 is 5.97 Å². The number of benzene rings is 1. The molecular weight excluding hydrogens is 308 g/mol. The third-order valence-corrected chi connectivity index (χ3v) is 4.94. The number of aliphatic carboxylic acids is 1. The van der Waals surface area contributed by atoms with Crippen LogP contribution in [-0.4, -0.2) is 55.9 Å². The van der Waals surface area contributed by atoms with Gasteiger partial charge < -0.3 is 24.8 Å². The minimum atomic E-state index is -0.749. The normalized spacial score (nSPS) is 27.8. The molecular formula is C18H26N2O4. The summed E-state index contributed by atoms with van der Waals surface area (Å²) >= 11 is 0. The zero-order chi connectivity index (χ0) is 17.1. The van der Waals surface area contributed by atoms with E-state index in [0.29, 0.717) is 18.7 Å². The molecule has 2 fully saturated rings. The molecule has 24 heavy (non-hydrogen) atoms. The van der Waals surface area contributed by atoms with Crippen LogP contribution in [0.3, 0.4) is 0 Å². The van der Waals surface area contributed by atoms with E-state index in [2.05, 4.69) is 17.3 Å². The van der Waals surface area contributed by atoms with Crippen molar-refractivity contribution >= 4 is 5.97 Å². The van der Waals surface area contributed by atoms with E-state index in [1.807, 2.05) is 18.2 Å². The predicted molar refractivity (Wildman–Crippen MR) is 90.6 cm³/mol. The monoisotopic (exact) mass is 334 g/mol. The van der Waals surface area contributed by atoms with Crippen LogP contribution in [-0.2, 0) is 4.79 Å². The van der Waals surface area contributed by atoms with Gasteiger partial charge in [0.25, 0.3) is 0 Å². The van der Waals surface area contributed by atoms with E-state index in [4.69, 9.17) is 9.47 Å². The Balaban J connectivity index is 1.77. The van der Waals surface area contributed by atoms with Crippen LogP contribution >= 0.6 is 0 Å². The number of methoxy groups -OCH3 is 1. The van der Waals surface area contributed by atoms with Crippen molar-refractivity contribution in [1.29, 1.82) is 0 Å². The molecule has 0 aliphatic carbocycles. The number of hydrogen-bond acceptors (Lipinski definition) is 5. The maximum absolute atomic E-state index is 11.2. The number of likely N-dealkylation sites (tertiary alicyclic amines) is 1. The van der Waals surface area contributed by atoms with Gasteiger partial charge in [-0.05, 0) is 38.9 Å². The molecule has 0 saturated carbocycles. The zero-order valence-corrected chi connectivity index (χ0v) is 14.3. The fraction of sp³-hybridized carbons (Fsp3) is 0.611. The van der Waals surface area contributed by atoms with Crippen molar-refractivity contribution < 1.29 is 19.4 Å². The lowest BCUT2D eigenvalue weighted by atomic mass is 9.99. The smallest absolute Gasteiger partial charge is 0.307 e. The van der Waals surface area contributed by atoms with Crippen LogP contribution in [0.15, 0.2) is 18.2 Å². The van der Waals surface area contributed by atoms with Crippen molar-refractivity contribution in [2.24, 2.45) is 5.92 Å². The summed E-state index contributed by atoms with van der Waals surface area (Å²) in [5.41, 5.74) is 0.975. The van der Waals surface area contributed by atoms with Gasteiger partial charge in [0.1, 0.15) is 6.10 Å². The number of piperidine rings is 1. The standard InChI is InChI=1S/C18H26N2O4/c1-20-8-4-5-13(11-20)24-16-7-3-6-14(17(16)23-2)15-9-12(10-19-15)18(21)22/h3,6-7,12-13,15,19H,4-5,8-11H2,1-2H3,(H,21,22). The highest BCUT2D eigenvalue weighted by Crippen LogP contribution is 2.39. The molecule has 0 amide bonds. The number of carboxylic acid groups (broad SMARTS) is 1. The van der Waals surface area contributed by atoms with Gasteiger partial charge >= 0.3 is 5.97 Å². The molecule has 1 aromatic carbocycles. The van der Waals surface area contributed by atoms with E-state index in [1.54, 1.807) is 7.11 Å². The molecule has 0 aromatic heterocycles. The van der Waals surface area contributed by atoms with E-state index in [-0.39, 0.29) is 18.1 Å². The number of carboxylic acids is 1. The van der Waals surface area contributed by atoms with E-state index in [1.165, 1.54) is 0 Å². The van der Waals surface area contributed by atoms with Gasteiger partial charge in [0.15, 0.2) is 11.5 Å². The Morgan fingerprint density at radius 1 is 1.42 bits per heavy atom. The van der Waals surface area contributed by atoms with Crippen molar-refractivity contribution in [2.45, 2.75) is 31.4 Å². The Bertz CT molecular complexity index is 592. The van der Waals surface area contributed by atoms with Gasteiger partial charge in [-0.2, -0.15) is 0 Å². The third kappa shape index (κ3) is 3.65. The zero-order valence-electron chi connectivity index (χ0n) is 14.3. The predicted octanol–water partition coefficient (Wildman–Crippen LogP) is 1.90. The lowest BCUT2D eigenvalue weighted by molar-refractivity contribution is -0.141. The first-order valence-electron chi connectivity index (χ1n) is 8.56. The second-order valence-corrected chi connectivity index (χ2v) is 6.75. The van der Waals surface area contributed by atoms with Crippen LogP contribution in [0.1, 0.15) is 30.9 Å². The SMILES string of the molecule is COc1c(OC2CCCN(C)C2)cccc1C1CC(C(=O)O)CN1. The molecule has 2 N–H and O–H groups in total. The fourth-order valence-corrected chi connectivity index (χ4v) is 3.67. The number of nitrogens with zero attached hydrogens (tertiary/aromatic N) is 1. The van der Waals surface area contributed by atoms with Gasteiger partial charge in [0.05, 0.1) is 13.0 Å². The van der Waals surface area contributed by atoms with Crippen molar-refractivity contribution in [3.05, 3.63) is 23.8 Å². The summed E-state index contributed by atoms with van der Waals surface area (Å²) in [7, 11) is 3.75. The molecule has 3 rings (SSSR count). The van der Waals surface area contributed by atoms with Gasteiger partial charge in [0, 0.05) is 24.7 Å². The Morgan fingerprint density at radius 3 is 2.92 bits per heavy atom. The molecule has 0 spiro atoms. The number of nitrogens with one attached hydrogen (secondary N) is 1. The first-order chi connectivity index (χ1) is 11.6. The maximum atomic E-state index is 11.2. The highest BCUT2D eigenvalue weighted by Gasteiger charge is 2.32. The average molecular weight is 334 g/mol. The van der Waals surface area contributed by atoms with Crippen molar-refractivity contribution in [3.8, 4) is 11.5 Å². The topological polar surface area (TPSA) is 71.0 Å². The molecule has 3 atom stereocenters. The lowest BCUT2D eigenvalue weighted by Crippen LogP contribution is -2.38. The molecule has 2 heterocycles. The summed E-state index contributed by atoms with van der Waals surface area (Å²) in [6, 6.07) is 5.86. The van der Waals surface area contributed by atoms with Crippen LogP contribution in [0.25, 0.3) is 0 Å². The molecule has 6 nitrogen and oxygen atoms in total. The van der Waals surface area contributed by atoms with E-state index in [0.717, 1.165) is 37.2 Å². The minimum Gasteiger partial charge on any atom is -0.493 e. The number of para-hydroxylation sites is 1. The quantitative estimate of drug-likeness (QED) is 0.857. The molecule has 2 aliphatic heterocycles. The van der Waals surface area contributed by atoms with Gasteiger partial charge in [0.2, 0.25) is 0 Å². The van der Waals surface area contributed by atoms with Gasteiger partial charge in [-0.3, -0.25) is 4.79 Å². The first kappa shape index (κ1) is 17.0. The van der Waals surface area contributed by atoms with Gasteiger partial charge in [-0.15, -0.1) is 0 Å². The second-order valence-electron chi connectivity index (χ2n) is 6.75. The number of rotatable bonds is 5. The molecule has 2 aliphatic rings. The molecule has 6 heteroatoms. The number of likely N-dealkylation sites (N-methyl/N-ethyl adjacent to an activating group) is 1. The minimum absolute atomic E-state index is 0.0152. The summed E-state index contributed by atoms with van der Waals surface area (Å²) in [5.74, 6) is 0.364. The number of hydrogen-bond donors (Lipinski definition) is 2. The van der Waals surface area contributed by atoms with Crippen molar-refractivity contribution in [3.63, 3.8) is 0 Å². The number of ether oxygens (including phenoxy) is 2. The van der Waals surface area contributed by atoms with E-state index in [9.17, 15) is 9.90 Å². The van der Waals surface area contributed by atoms with Crippen LogP contribution in [0.5, 0.6) is 11.5 Å². The van der Waals surface area contributed by atoms with Crippen LogP contribution in [0, 0.1) is 5.92 Å². The Hall–Kier alpha value is -1.79. The summed E-state index contributed by atoms with van der Waals surface area (Å²) in [6.07, 6.45) is 2.91. The third-order valence-electron chi connectivity index (χ3n) is 4.94. The van der Waals surface area contributed by atoms with Crippen molar-refractivity contribution in [1.82, 2.24) is 10.2 Å². The summed E-state index contributed by atoms with van der Waals surface area (Å²) in [4.78, 5) is 13.5. The van der Waals surface area contributed by atoms with Gasteiger partial charge in [-0.1, -0.05) is 12.1 Å². The Labute approximate surface area is 142 Å². The van der Waals surface area contributed by atoms with E-state index >= 15 is 0 Å². The molecule has 0 bridgehead atoms. The first-order valence-corrected chi connectivity index (χ1v) is 8.56. The summed E-state index contributed by atoms with van der Waals surface area (Å²) in [5, 5.41) is 12.5. The Kier molecular flexibility index (Phi) is 5.26. The summed E-state index contributed by atoms with van der Waals surface area (Å²) < 4.78 is 11.8. The summed E-state index contributed by atoms with van der Waals surface area (Å²) in [6.45, 7) is 2.51. The van der Waals surface area contributed by atoms with Crippen LogP contribution in [0.4, 0.5) is 0 Å². The largest absolute Gasteiger partial charge is 0.493 e. The van der Waals surface area contributed by atoms with Gasteiger partial charge in [-0.25, -0.2) is 0 Å². The molecule has 0 radical (unpaired) electrons. The number of carbonyl (C=O) groups is 1. The lowest BCUT2D eigenvalue weighted by Gasteiger charge is -2.30. The second kappa shape index (κ2) is 7.40. The average Bonchev–Trinajstić information content (AvgIpc) is 3.05. The fourth-order valence-electron chi connectivity index (χ4n) is 3.67. The Morgan fingerprint density at radius 2 is 2.25 bits per heavy atom. The molecule has 132 valence electrons. The maximum Gasteiger partial charge on any atom is 0.307 e. The van der Waals surface area contributed by atoms with Crippen molar-refractivity contribution in [2.75, 3.05) is 33.8 Å². The highest BCUT2D eigenvalue weighted by molar-refractivity contribution is 5.71.